The minimum absolute atomic E-state index is 0.122. The van der Waals surface area contributed by atoms with Crippen molar-refractivity contribution in [1.82, 2.24) is 10.6 Å². The second kappa shape index (κ2) is 14.0. The molecule has 0 aromatic heterocycles. The normalized spacial score (nSPS) is 14.5. The minimum Gasteiger partial charge on any atom is -0.488 e. The molecule has 4 rings (SSSR count). The number of rotatable bonds is 11. The van der Waals surface area contributed by atoms with Gasteiger partial charge in [0.2, 0.25) is 5.91 Å². The molecule has 2 atom stereocenters. The molecule has 0 fully saturated rings. The Hall–Kier alpha value is -3.78. The van der Waals surface area contributed by atoms with Crippen LogP contribution in [-0.4, -0.2) is 47.0 Å². The van der Waals surface area contributed by atoms with E-state index in [-0.39, 0.29) is 24.2 Å². The van der Waals surface area contributed by atoms with Crippen LogP contribution in [0.1, 0.15) is 37.5 Å². The Balaban J connectivity index is 1.46. The maximum Gasteiger partial charge on any atom is 0.408 e. The average Bonchev–Trinajstić information content (AvgIpc) is 3.48. The Morgan fingerprint density at radius 3 is 2.08 bits per heavy atom. The van der Waals surface area contributed by atoms with Gasteiger partial charge in [-0.25, -0.2) is 4.79 Å². The quantitative estimate of drug-likeness (QED) is 0.321. The topological polar surface area (TPSA) is 89.0 Å². The van der Waals surface area contributed by atoms with E-state index < -0.39 is 12.1 Å². The van der Waals surface area contributed by atoms with E-state index in [4.69, 9.17) is 9.47 Å². The fourth-order valence-electron chi connectivity index (χ4n) is 4.28. The zero-order chi connectivity index (χ0) is 28.4. The van der Waals surface area contributed by atoms with E-state index in [9.17, 15) is 9.59 Å². The highest BCUT2D eigenvalue weighted by atomic mass is 32.2. The molecular weight excluding hydrogens is 522 g/mol. The Labute approximate surface area is 240 Å². The lowest BCUT2D eigenvalue weighted by Crippen LogP contribution is -2.52. The molecule has 0 bridgehead atoms. The van der Waals surface area contributed by atoms with Gasteiger partial charge in [-0.2, -0.15) is 0 Å². The van der Waals surface area contributed by atoms with E-state index in [0.717, 1.165) is 39.8 Å². The molecule has 7 nitrogen and oxygen atoms in total. The molecule has 8 heteroatoms. The van der Waals surface area contributed by atoms with Crippen LogP contribution in [0.4, 0.5) is 4.79 Å². The molecule has 0 saturated heterocycles. The first-order valence-electron chi connectivity index (χ1n) is 13.5. The van der Waals surface area contributed by atoms with Gasteiger partial charge in [-0.3, -0.25) is 9.79 Å². The third-order valence-corrected chi connectivity index (χ3v) is 7.21. The summed E-state index contributed by atoms with van der Waals surface area (Å²) in [6, 6.07) is 25.9. The average molecular weight is 560 g/mol. The Morgan fingerprint density at radius 2 is 1.48 bits per heavy atom. The van der Waals surface area contributed by atoms with Crippen LogP contribution in [-0.2, 0) is 29.0 Å². The first-order chi connectivity index (χ1) is 19.2. The van der Waals surface area contributed by atoms with Crippen LogP contribution in [0.2, 0.25) is 0 Å². The third kappa shape index (κ3) is 9.45. The number of carbonyl (C=O) groups excluding carboxylic acids is 2. The summed E-state index contributed by atoms with van der Waals surface area (Å²) >= 11 is 1.66. The highest BCUT2D eigenvalue weighted by Gasteiger charge is 2.28. The van der Waals surface area contributed by atoms with Crippen molar-refractivity contribution in [3.05, 3.63) is 102 Å². The zero-order valence-corrected chi connectivity index (χ0v) is 24.1. The van der Waals surface area contributed by atoms with Gasteiger partial charge in [0.25, 0.3) is 0 Å². The molecule has 0 saturated carbocycles. The minimum atomic E-state index is -0.817. The standard InChI is InChI=1S/C32H37N3O4S/c1-32(2,3)39-26-16-14-24(15-17-26)21-28(30-33-18-19-40-30)34-29(36)27(20-23-10-6-4-7-11-23)35-31(37)38-22-25-12-8-5-9-13-25/h4-17,27-28H,18-22H2,1-3H3,(H,34,36)(H,35,37)/t27-,28-/m0/s1. The third-order valence-electron chi connectivity index (χ3n) is 6.11. The summed E-state index contributed by atoms with van der Waals surface area (Å²) in [5.74, 6) is 1.40. The van der Waals surface area contributed by atoms with Crippen LogP contribution in [0.3, 0.4) is 0 Å². The number of aliphatic imine (C=N–C) groups is 1. The number of ether oxygens (including phenoxy) is 2. The smallest absolute Gasteiger partial charge is 0.408 e. The predicted molar refractivity (Wildman–Crippen MR) is 161 cm³/mol. The molecule has 1 aliphatic heterocycles. The number of benzene rings is 3. The van der Waals surface area contributed by atoms with E-state index in [1.54, 1.807) is 11.8 Å². The molecule has 3 aromatic carbocycles. The second-order valence-electron chi connectivity index (χ2n) is 10.6. The van der Waals surface area contributed by atoms with Gasteiger partial charge in [-0.1, -0.05) is 72.8 Å². The molecule has 1 heterocycles. The monoisotopic (exact) mass is 559 g/mol. The van der Waals surface area contributed by atoms with Crippen molar-refractivity contribution in [2.75, 3.05) is 12.3 Å². The first kappa shape index (κ1) is 29.2. The summed E-state index contributed by atoms with van der Waals surface area (Å²) in [4.78, 5) is 31.0. The maximum absolute atomic E-state index is 13.7. The Bertz CT molecular complexity index is 1280. The molecule has 0 aliphatic carbocycles. The van der Waals surface area contributed by atoms with Crippen molar-refractivity contribution in [1.29, 1.82) is 0 Å². The van der Waals surface area contributed by atoms with Gasteiger partial charge in [0.05, 0.1) is 11.1 Å². The van der Waals surface area contributed by atoms with E-state index in [2.05, 4.69) is 15.6 Å². The summed E-state index contributed by atoms with van der Waals surface area (Å²) in [5, 5.41) is 6.85. The van der Waals surface area contributed by atoms with Crippen molar-refractivity contribution in [2.45, 2.75) is 57.9 Å². The van der Waals surface area contributed by atoms with Gasteiger partial charge < -0.3 is 20.1 Å². The van der Waals surface area contributed by atoms with Crippen molar-refractivity contribution in [2.24, 2.45) is 4.99 Å². The van der Waals surface area contributed by atoms with Crippen molar-refractivity contribution >= 4 is 28.8 Å². The van der Waals surface area contributed by atoms with Gasteiger partial charge in [0, 0.05) is 18.7 Å². The first-order valence-corrected chi connectivity index (χ1v) is 14.5. The summed E-state index contributed by atoms with van der Waals surface area (Å²) in [6.45, 7) is 6.89. The molecule has 3 aromatic rings. The predicted octanol–water partition coefficient (Wildman–Crippen LogP) is 5.57. The van der Waals surface area contributed by atoms with Crippen LogP contribution in [0, 0.1) is 0 Å². The van der Waals surface area contributed by atoms with Gasteiger partial charge >= 0.3 is 6.09 Å². The molecule has 2 N–H and O–H groups in total. The van der Waals surface area contributed by atoms with Crippen LogP contribution < -0.4 is 15.4 Å². The summed E-state index contributed by atoms with van der Waals surface area (Å²) in [6.07, 6.45) is 0.265. The SMILES string of the molecule is CC(C)(C)Oc1ccc(C[C@H](NC(=O)[C@H](Cc2ccccc2)NC(=O)OCc2ccccc2)C2=NCCS2)cc1. The number of amides is 2. The van der Waals surface area contributed by atoms with Crippen molar-refractivity contribution < 1.29 is 19.1 Å². The lowest BCUT2D eigenvalue weighted by atomic mass is 10.0. The lowest BCUT2D eigenvalue weighted by molar-refractivity contribution is -0.123. The summed E-state index contributed by atoms with van der Waals surface area (Å²) in [7, 11) is 0. The number of carbonyl (C=O) groups is 2. The highest BCUT2D eigenvalue weighted by Crippen LogP contribution is 2.22. The number of nitrogens with zero attached hydrogens (tertiary/aromatic N) is 1. The largest absolute Gasteiger partial charge is 0.488 e. The summed E-state index contributed by atoms with van der Waals surface area (Å²) in [5.41, 5.74) is 2.58. The number of nitrogens with one attached hydrogen (secondary N) is 2. The van der Waals surface area contributed by atoms with Gasteiger partial charge in [-0.15, -0.1) is 11.8 Å². The van der Waals surface area contributed by atoms with Gasteiger partial charge in [0.1, 0.15) is 24.0 Å². The highest BCUT2D eigenvalue weighted by molar-refractivity contribution is 8.14. The Kier molecular flexibility index (Phi) is 10.2. The number of hydrogen-bond donors (Lipinski definition) is 2. The molecule has 210 valence electrons. The molecule has 0 spiro atoms. The number of alkyl carbamates (subject to hydrolysis) is 1. The van der Waals surface area contributed by atoms with Crippen molar-refractivity contribution in [3.63, 3.8) is 0 Å². The van der Waals surface area contributed by atoms with Crippen molar-refractivity contribution in [3.8, 4) is 5.75 Å². The summed E-state index contributed by atoms with van der Waals surface area (Å²) < 4.78 is 11.4. The zero-order valence-electron chi connectivity index (χ0n) is 23.3. The van der Waals surface area contributed by atoms with E-state index >= 15 is 0 Å². The van der Waals surface area contributed by atoms with E-state index in [1.807, 2.05) is 106 Å². The molecular formula is C32H37N3O4S. The number of thioether (sulfide) groups is 1. The number of hydrogen-bond acceptors (Lipinski definition) is 6. The lowest BCUT2D eigenvalue weighted by Gasteiger charge is -2.24. The fraction of sp³-hybridized carbons (Fsp3) is 0.344. The molecule has 2 amide bonds. The Morgan fingerprint density at radius 1 is 0.850 bits per heavy atom. The van der Waals surface area contributed by atoms with E-state index in [0.29, 0.717) is 12.8 Å². The van der Waals surface area contributed by atoms with Gasteiger partial charge in [-0.05, 0) is 56.0 Å². The van der Waals surface area contributed by atoms with Gasteiger partial charge in [0.15, 0.2) is 0 Å². The van der Waals surface area contributed by atoms with Crippen LogP contribution in [0.15, 0.2) is 89.9 Å². The molecule has 1 aliphatic rings. The van der Waals surface area contributed by atoms with Crippen LogP contribution in [0.25, 0.3) is 0 Å². The fourth-order valence-corrected chi connectivity index (χ4v) is 5.20. The van der Waals surface area contributed by atoms with Crippen LogP contribution >= 0.6 is 11.8 Å². The molecule has 0 unspecified atom stereocenters. The second-order valence-corrected chi connectivity index (χ2v) is 11.8. The molecule has 0 radical (unpaired) electrons. The van der Waals surface area contributed by atoms with E-state index in [1.165, 1.54) is 0 Å². The van der Waals surface area contributed by atoms with Crippen LogP contribution in [0.5, 0.6) is 5.75 Å². The molecule has 40 heavy (non-hydrogen) atoms. The maximum atomic E-state index is 13.7.